The van der Waals surface area contributed by atoms with Gasteiger partial charge in [-0.3, -0.25) is 14.6 Å². The van der Waals surface area contributed by atoms with Crippen molar-refractivity contribution in [3.63, 3.8) is 0 Å². The molecule has 2 aliphatic rings. The highest BCUT2D eigenvalue weighted by molar-refractivity contribution is 5.91. The highest BCUT2D eigenvalue weighted by Crippen LogP contribution is 2.35. The molecule has 0 radical (unpaired) electrons. The topological polar surface area (TPSA) is 23.6 Å². The normalized spacial score (nSPS) is 20.9. The molecule has 0 amide bonds. The lowest BCUT2D eigenvalue weighted by Gasteiger charge is -2.34. The van der Waals surface area contributed by atoms with E-state index in [0.29, 0.717) is 5.78 Å². The number of carbonyl (C=O) groups excluding carboxylic acids is 1. The summed E-state index contributed by atoms with van der Waals surface area (Å²) in [7, 11) is 0. The molecule has 0 aliphatic carbocycles. The van der Waals surface area contributed by atoms with E-state index in [1.807, 2.05) is 12.1 Å². The minimum absolute atomic E-state index is 0.135. The predicted molar refractivity (Wildman–Crippen MR) is 105 cm³/mol. The Kier molecular flexibility index (Phi) is 5.47. The van der Waals surface area contributed by atoms with Gasteiger partial charge in [0, 0.05) is 0 Å². The van der Waals surface area contributed by atoms with Crippen molar-refractivity contribution >= 4 is 5.78 Å². The molecule has 26 heavy (non-hydrogen) atoms. The number of likely N-dealkylation sites (tertiary alicyclic amines) is 2. The minimum atomic E-state index is -0.135. The molecular formula is C23H28N2O. The van der Waals surface area contributed by atoms with E-state index in [4.69, 9.17) is 0 Å². The predicted octanol–water partition coefficient (Wildman–Crippen LogP) is 4.23. The van der Waals surface area contributed by atoms with Gasteiger partial charge in [0.15, 0.2) is 5.78 Å². The van der Waals surface area contributed by atoms with Gasteiger partial charge in [-0.05, 0) is 63.0 Å². The summed E-state index contributed by atoms with van der Waals surface area (Å²) in [6, 6.07) is 20.5. The van der Waals surface area contributed by atoms with E-state index in [9.17, 15) is 4.79 Å². The number of carbonyl (C=O) groups is 1. The van der Waals surface area contributed by atoms with Crippen molar-refractivity contribution in [2.75, 3.05) is 26.2 Å². The Bertz CT molecular complexity index is 642. The molecule has 3 nitrogen and oxygen atoms in total. The number of ketones is 1. The first-order chi connectivity index (χ1) is 12.8. The lowest BCUT2D eigenvalue weighted by molar-refractivity contribution is -0.129. The van der Waals surface area contributed by atoms with Crippen LogP contribution in [0.5, 0.6) is 0 Å². The van der Waals surface area contributed by atoms with Gasteiger partial charge in [-0.25, -0.2) is 0 Å². The third kappa shape index (κ3) is 3.60. The van der Waals surface area contributed by atoms with Gasteiger partial charge in [-0.1, -0.05) is 60.7 Å². The lowest BCUT2D eigenvalue weighted by atomic mass is 9.91. The number of hydrogen-bond donors (Lipinski definition) is 0. The Morgan fingerprint density at radius 2 is 0.962 bits per heavy atom. The van der Waals surface area contributed by atoms with Crippen LogP contribution in [-0.2, 0) is 4.79 Å². The van der Waals surface area contributed by atoms with Crippen LogP contribution in [0.4, 0.5) is 0 Å². The number of Topliss-reactive ketones (excluding diaryl/α,β-unsaturated/α-hetero) is 1. The zero-order valence-electron chi connectivity index (χ0n) is 15.4. The molecule has 3 heteroatoms. The maximum atomic E-state index is 13.9. The number of hydrogen-bond acceptors (Lipinski definition) is 3. The summed E-state index contributed by atoms with van der Waals surface area (Å²) in [6.45, 7) is 4.08. The molecule has 2 unspecified atom stereocenters. The van der Waals surface area contributed by atoms with Gasteiger partial charge in [0.1, 0.15) is 0 Å². The minimum Gasteiger partial charge on any atom is -0.295 e. The van der Waals surface area contributed by atoms with Crippen LogP contribution in [0.2, 0.25) is 0 Å². The van der Waals surface area contributed by atoms with Crippen LogP contribution in [0.3, 0.4) is 0 Å². The second-order valence-electron chi connectivity index (χ2n) is 7.51. The number of benzene rings is 2. The van der Waals surface area contributed by atoms with Gasteiger partial charge in [0.05, 0.1) is 12.1 Å². The molecule has 136 valence electrons. The van der Waals surface area contributed by atoms with Gasteiger partial charge >= 0.3 is 0 Å². The molecule has 2 aliphatic heterocycles. The van der Waals surface area contributed by atoms with Crippen molar-refractivity contribution < 1.29 is 4.79 Å². The molecule has 2 fully saturated rings. The van der Waals surface area contributed by atoms with Crippen LogP contribution >= 0.6 is 0 Å². The summed E-state index contributed by atoms with van der Waals surface area (Å²) in [6.07, 6.45) is 4.76. The van der Waals surface area contributed by atoms with Crippen molar-refractivity contribution in [1.29, 1.82) is 0 Å². The van der Waals surface area contributed by atoms with Crippen LogP contribution in [-0.4, -0.2) is 41.8 Å². The number of rotatable bonds is 6. The van der Waals surface area contributed by atoms with Crippen LogP contribution in [0.1, 0.15) is 48.9 Å². The summed E-state index contributed by atoms with van der Waals surface area (Å²) >= 11 is 0. The van der Waals surface area contributed by atoms with Crippen molar-refractivity contribution in [2.24, 2.45) is 0 Å². The fourth-order valence-electron chi connectivity index (χ4n) is 4.53. The second kappa shape index (κ2) is 8.15. The van der Waals surface area contributed by atoms with Crippen LogP contribution in [0.25, 0.3) is 0 Å². The Hall–Kier alpha value is -1.97. The first kappa shape index (κ1) is 17.4. The molecule has 0 aromatic heterocycles. The molecule has 0 bridgehead atoms. The van der Waals surface area contributed by atoms with Crippen molar-refractivity contribution in [3.8, 4) is 0 Å². The van der Waals surface area contributed by atoms with E-state index in [0.717, 1.165) is 37.3 Å². The Morgan fingerprint density at radius 1 is 0.615 bits per heavy atom. The van der Waals surface area contributed by atoms with Crippen molar-refractivity contribution in [1.82, 2.24) is 9.80 Å². The van der Waals surface area contributed by atoms with Crippen LogP contribution in [0.15, 0.2) is 60.7 Å². The first-order valence-corrected chi connectivity index (χ1v) is 9.96. The zero-order valence-corrected chi connectivity index (χ0v) is 15.4. The van der Waals surface area contributed by atoms with E-state index < -0.39 is 0 Å². The molecule has 0 saturated carbocycles. The highest BCUT2D eigenvalue weighted by atomic mass is 16.1. The third-order valence-electron chi connectivity index (χ3n) is 5.78. The molecule has 2 aromatic rings. The van der Waals surface area contributed by atoms with Gasteiger partial charge in [0.25, 0.3) is 0 Å². The highest BCUT2D eigenvalue weighted by Gasteiger charge is 2.38. The largest absolute Gasteiger partial charge is 0.295 e. The van der Waals surface area contributed by atoms with Crippen LogP contribution in [0, 0.1) is 0 Å². The van der Waals surface area contributed by atoms with Gasteiger partial charge in [-0.2, -0.15) is 0 Å². The van der Waals surface area contributed by atoms with Gasteiger partial charge in [-0.15, -0.1) is 0 Å². The molecule has 2 saturated heterocycles. The number of nitrogens with zero attached hydrogens (tertiary/aromatic N) is 2. The fraction of sp³-hybridized carbons (Fsp3) is 0.435. The summed E-state index contributed by atoms with van der Waals surface area (Å²) in [4.78, 5) is 18.7. The fourth-order valence-corrected chi connectivity index (χ4v) is 4.53. The average molecular weight is 348 g/mol. The molecular weight excluding hydrogens is 320 g/mol. The molecule has 0 N–H and O–H groups in total. The van der Waals surface area contributed by atoms with E-state index in [2.05, 4.69) is 58.3 Å². The smallest absolute Gasteiger partial charge is 0.176 e. The van der Waals surface area contributed by atoms with Crippen LogP contribution < -0.4 is 0 Å². The second-order valence-corrected chi connectivity index (χ2v) is 7.51. The molecule has 0 spiro atoms. The third-order valence-corrected chi connectivity index (χ3v) is 5.78. The lowest BCUT2D eigenvalue weighted by Crippen LogP contribution is -2.40. The van der Waals surface area contributed by atoms with Gasteiger partial charge in [0.2, 0.25) is 0 Å². The molecule has 2 aromatic carbocycles. The molecule has 4 rings (SSSR count). The Labute approximate surface area is 156 Å². The first-order valence-electron chi connectivity index (χ1n) is 9.96. The summed E-state index contributed by atoms with van der Waals surface area (Å²) in [5.41, 5.74) is 2.28. The average Bonchev–Trinajstić information content (AvgIpc) is 3.39. The SMILES string of the molecule is O=C(C(c1ccccc1)N1CCCC1)C(c1ccccc1)N1CCCC1. The molecule has 2 atom stereocenters. The van der Waals surface area contributed by atoms with E-state index >= 15 is 0 Å². The monoisotopic (exact) mass is 348 g/mol. The quantitative estimate of drug-likeness (QED) is 0.780. The maximum Gasteiger partial charge on any atom is 0.176 e. The summed E-state index contributed by atoms with van der Waals surface area (Å²) in [5, 5.41) is 0. The van der Waals surface area contributed by atoms with E-state index in [1.54, 1.807) is 0 Å². The zero-order chi connectivity index (χ0) is 17.8. The standard InChI is InChI=1S/C23H28N2O/c26-23(21(24-15-7-8-16-24)19-11-3-1-4-12-19)22(25-17-9-10-18-25)20-13-5-2-6-14-20/h1-6,11-14,21-22H,7-10,15-18H2. The Balaban J connectivity index is 1.71. The van der Waals surface area contributed by atoms with Crippen molar-refractivity contribution in [3.05, 3.63) is 71.8 Å². The summed E-state index contributed by atoms with van der Waals surface area (Å²) in [5.74, 6) is 0.339. The Morgan fingerprint density at radius 3 is 1.31 bits per heavy atom. The summed E-state index contributed by atoms with van der Waals surface area (Å²) < 4.78 is 0. The van der Waals surface area contributed by atoms with Gasteiger partial charge < -0.3 is 0 Å². The maximum absolute atomic E-state index is 13.9. The van der Waals surface area contributed by atoms with E-state index in [1.165, 1.54) is 25.7 Å². The van der Waals surface area contributed by atoms with Crippen molar-refractivity contribution in [2.45, 2.75) is 37.8 Å². The molecule has 2 heterocycles. The van der Waals surface area contributed by atoms with E-state index in [-0.39, 0.29) is 12.1 Å².